The molecule has 0 aliphatic rings. The standard InChI is InChI=1S/C19H22N4O4S/c1-4-9-28-19-20-16-15(17(25)21-18(26)22(16)3)23(19)10-13(24)11-27-14-8-6-5-7-12(14)2/h4-8,13,24H,1,9-11H2,2-3H3,(H,21,25,26). The summed E-state index contributed by atoms with van der Waals surface area (Å²) in [6.45, 7) is 5.77. The van der Waals surface area contributed by atoms with Crippen LogP contribution in [0.25, 0.3) is 11.2 Å². The highest BCUT2D eigenvalue weighted by Gasteiger charge is 2.20. The molecule has 2 N–H and O–H groups in total. The van der Waals surface area contributed by atoms with Crippen LogP contribution in [0, 0.1) is 6.92 Å². The fraction of sp³-hybridized carbons (Fsp3) is 0.316. The van der Waals surface area contributed by atoms with Crippen LogP contribution in [-0.2, 0) is 13.6 Å². The lowest BCUT2D eigenvalue weighted by molar-refractivity contribution is 0.0910. The maximum absolute atomic E-state index is 12.4. The van der Waals surface area contributed by atoms with E-state index in [0.717, 1.165) is 5.56 Å². The molecule has 1 unspecified atom stereocenters. The monoisotopic (exact) mass is 402 g/mol. The van der Waals surface area contributed by atoms with E-state index in [4.69, 9.17) is 4.74 Å². The zero-order chi connectivity index (χ0) is 20.3. The highest BCUT2D eigenvalue weighted by atomic mass is 32.2. The quantitative estimate of drug-likeness (QED) is 0.437. The van der Waals surface area contributed by atoms with E-state index in [1.165, 1.54) is 23.4 Å². The van der Waals surface area contributed by atoms with E-state index < -0.39 is 17.4 Å². The van der Waals surface area contributed by atoms with Gasteiger partial charge in [-0.25, -0.2) is 9.78 Å². The van der Waals surface area contributed by atoms with Gasteiger partial charge in [-0.3, -0.25) is 14.3 Å². The molecule has 0 spiro atoms. The Balaban J connectivity index is 1.91. The van der Waals surface area contributed by atoms with Gasteiger partial charge in [-0.2, -0.15) is 0 Å². The summed E-state index contributed by atoms with van der Waals surface area (Å²) in [5.41, 5.74) is 0.404. The maximum Gasteiger partial charge on any atom is 0.329 e. The number of aromatic amines is 1. The van der Waals surface area contributed by atoms with Gasteiger partial charge < -0.3 is 14.4 Å². The first-order valence-electron chi connectivity index (χ1n) is 8.72. The number of hydrogen-bond donors (Lipinski definition) is 2. The van der Waals surface area contributed by atoms with E-state index in [9.17, 15) is 14.7 Å². The number of aliphatic hydroxyl groups excluding tert-OH is 1. The molecule has 8 nitrogen and oxygen atoms in total. The summed E-state index contributed by atoms with van der Waals surface area (Å²) >= 11 is 1.37. The second kappa shape index (κ2) is 8.49. The smallest absolute Gasteiger partial charge is 0.329 e. The van der Waals surface area contributed by atoms with Crippen molar-refractivity contribution in [3.63, 3.8) is 0 Å². The van der Waals surface area contributed by atoms with Crippen molar-refractivity contribution < 1.29 is 9.84 Å². The van der Waals surface area contributed by atoms with Gasteiger partial charge in [0.1, 0.15) is 18.5 Å². The number of benzene rings is 1. The Morgan fingerprint density at radius 2 is 2.14 bits per heavy atom. The average Bonchev–Trinajstić information content (AvgIpc) is 3.02. The number of thioether (sulfide) groups is 1. The van der Waals surface area contributed by atoms with Gasteiger partial charge in [0, 0.05) is 12.8 Å². The minimum Gasteiger partial charge on any atom is -0.491 e. The Bertz CT molecular complexity index is 1120. The summed E-state index contributed by atoms with van der Waals surface area (Å²) in [6.07, 6.45) is 0.840. The van der Waals surface area contributed by atoms with Crippen LogP contribution in [0.15, 0.2) is 51.7 Å². The molecule has 2 heterocycles. The lowest BCUT2D eigenvalue weighted by atomic mass is 10.2. The molecule has 0 aliphatic heterocycles. The van der Waals surface area contributed by atoms with E-state index in [-0.39, 0.29) is 24.3 Å². The van der Waals surface area contributed by atoms with E-state index >= 15 is 0 Å². The number of H-pyrrole nitrogens is 1. The minimum absolute atomic E-state index is 0.0553. The number of hydrogen-bond acceptors (Lipinski definition) is 6. The molecular weight excluding hydrogens is 380 g/mol. The number of aliphatic hydroxyl groups is 1. The van der Waals surface area contributed by atoms with Gasteiger partial charge in [-0.1, -0.05) is 36.0 Å². The van der Waals surface area contributed by atoms with E-state index in [1.54, 1.807) is 10.6 Å². The van der Waals surface area contributed by atoms with Crippen molar-refractivity contribution in [3.8, 4) is 5.75 Å². The number of aryl methyl sites for hydroxylation is 2. The van der Waals surface area contributed by atoms with Gasteiger partial charge in [0.15, 0.2) is 16.3 Å². The summed E-state index contributed by atoms with van der Waals surface area (Å²) in [4.78, 5) is 31.0. The normalized spacial score (nSPS) is 12.2. The van der Waals surface area contributed by atoms with Gasteiger partial charge in [-0.15, -0.1) is 6.58 Å². The number of nitrogens with one attached hydrogen (secondary N) is 1. The first kappa shape index (κ1) is 20.0. The minimum atomic E-state index is -0.878. The first-order chi connectivity index (χ1) is 13.4. The van der Waals surface area contributed by atoms with Gasteiger partial charge in [0.05, 0.1) is 6.54 Å². The van der Waals surface area contributed by atoms with Crippen LogP contribution in [0.3, 0.4) is 0 Å². The van der Waals surface area contributed by atoms with Crippen molar-refractivity contribution in [1.29, 1.82) is 0 Å². The highest BCUT2D eigenvalue weighted by molar-refractivity contribution is 7.99. The number of imidazole rings is 1. The van der Waals surface area contributed by atoms with Crippen molar-refractivity contribution in [3.05, 3.63) is 63.3 Å². The fourth-order valence-corrected chi connectivity index (χ4v) is 3.54. The molecule has 1 atom stereocenters. The fourth-order valence-electron chi connectivity index (χ4n) is 2.80. The Kier molecular flexibility index (Phi) is 6.05. The average molecular weight is 402 g/mol. The van der Waals surface area contributed by atoms with Crippen LogP contribution in [0.5, 0.6) is 5.75 Å². The molecule has 28 heavy (non-hydrogen) atoms. The Morgan fingerprint density at radius 3 is 2.86 bits per heavy atom. The van der Waals surface area contributed by atoms with Gasteiger partial charge in [0.2, 0.25) is 0 Å². The van der Waals surface area contributed by atoms with Crippen LogP contribution in [0.4, 0.5) is 0 Å². The third-order valence-corrected chi connectivity index (χ3v) is 5.19. The Morgan fingerprint density at radius 1 is 1.39 bits per heavy atom. The third-order valence-electron chi connectivity index (χ3n) is 4.22. The molecule has 0 saturated heterocycles. The van der Waals surface area contributed by atoms with Crippen LogP contribution in [0.2, 0.25) is 0 Å². The lowest BCUT2D eigenvalue weighted by Crippen LogP contribution is -2.30. The first-order valence-corrected chi connectivity index (χ1v) is 9.70. The molecule has 0 amide bonds. The van der Waals surface area contributed by atoms with Crippen molar-refractivity contribution in [2.75, 3.05) is 12.4 Å². The van der Waals surface area contributed by atoms with E-state index in [0.29, 0.717) is 16.7 Å². The molecule has 1 aromatic carbocycles. The maximum atomic E-state index is 12.4. The molecule has 0 fully saturated rings. The van der Waals surface area contributed by atoms with Crippen LogP contribution in [0.1, 0.15) is 5.56 Å². The summed E-state index contributed by atoms with van der Waals surface area (Å²) in [5.74, 6) is 1.27. The molecule has 2 aromatic heterocycles. The summed E-state index contributed by atoms with van der Waals surface area (Å²) in [7, 11) is 1.54. The van der Waals surface area contributed by atoms with E-state index in [2.05, 4.69) is 16.5 Å². The summed E-state index contributed by atoms with van der Waals surface area (Å²) in [6, 6.07) is 7.54. The van der Waals surface area contributed by atoms with Crippen molar-refractivity contribution in [1.82, 2.24) is 19.1 Å². The van der Waals surface area contributed by atoms with Crippen molar-refractivity contribution in [2.24, 2.45) is 7.05 Å². The molecule has 0 bridgehead atoms. The predicted molar refractivity (Wildman–Crippen MR) is 109 cm³/mol. The van der Waals surface area contributed by atoms with Crippen LogP contribution >= 0.6 is 11.8 Å². The van der Waals surface area contributed by atoms with Crippen LogP contribution in [-0.4, -0.2) is 42.7 Å². The zero-order valence-electron chi connectivity index (χ0n) is 15.7. The molecule has 148 valence electrons. The molecule has 9 heteroatoms. The number of aromatic nitrogens is 4. The number of ether oxygens (including phenoxy) is 1. The SMILES string of the molecule is C=CCSc1nc2c(c(=O)[nH]c(=O)n2C)n1CC(O)COc1ccccc1C. The number of nitrogens with zero attached hydrogens (tertiary/aromatic N) is 3. The van der Waals surface area contributed by atoms with Crippen LogP contribution < -0.4 is 16.0 Å². The van der Waals surface area contributed by atoms with Gasteiger partial charge >= 0.3 is 5.69 Å². The second-order valence-corrected chi connectivity index (χ2v) is 7.31. The number of fused-ring (bicyclic) bond motifs is 1. The summed E-state index contributed by atoms with van der Waals surface area (Å²) < 4.78 is 8.60. The Hall–Kier alpha value is -2.78. The topological polar surface area (TPSA) is 102 Å². The van der Waals surface area contributed by atoms with Crippen molar-refractivity contribution >= 4 is 22.9 Å². The number of rotatable bonds is 8. The second-order valence-electron chi connectivity index (χ2n) is 6.33. The van der Waals surface area contributed by atoms with Crippen molar-refractivity contribution in [2.45, 2.75) is 24.7 Å². The molecule has 3 rings (SSSR count). The molecule has 0 radical (unpaired) electrons. The molecular formula is C19H22N4O4S. The zero-order valence-corrected chi connectivity index (χ0v) is 16.5. The van der Waals surface area contributed by atoms with Gasteiger partial charge in [-0.05, 0) is 18.6 Å². The number of para-hydroxylation sites is 1. The van der Waals surface area contributed by atoms with Gasteiger partial charge in [0.25, 0.3) is 5.56 Å². The Labute approximate surface area is 165 Å². The molecule has 0 aliphatic carbocycles. The predicted octanol–water partition coefficient (Wildman–Crippen LogP) is 1.45. The lowest BCUT2D eigenvalue weighted by Gasteiger charge is -2.16. The highest BCUT2D eigenvalue weighted by Crippen LogP contribution is 2.22. The molecule has 3 aromatic rings. The summed E-state index contributed by atoms with van der Waals surface area (Å²) in [5, 5.41) is 11.0. The third kappa shape index (κ3) is 4.05. The van der Waals surface area contributed by atoms with E-state index in [1.807, 2.05) is 31.2 Å². The molecule has 0 saturated carbocycles. The largest absolute Gasteiger partial charge is 0.491 e.